The number of nitrogens with one attached hydrogen (secondary N) is 1. The van der Waals surface area contributed by atoms with Crippen molar-refractivity contribution in [1.29, 1.82) is 0 Å². The van der Waals surface area contributed by atoms with Crippen molar-refractivity contribution in [2.24, 2.45) is 5.92 Å². The molecule has 1 aromatic carbocycles. The summed E-state index contributed by atoms with van der Waals surface area (Å²) in [6.45, 7) is 2.83. The van der Waals surface area contributed by atoms with Crippen LogP contribution in [0.25, 0.3) is 0 Å². The Kier molecular flexibility index (Phi) is 4.80. The van der Waals surface area contributed by atoms with Gasteiger partial charge in [-0.2, -0.15) is 0 Å². The molecule has 0 atom stereocenters. The van der Waals surface area contributed by atoms with E-state index in [-0.39, 0.29) is 17.7 Å². The van der Waals surface area contributed by atoms with Gasteiger partial charge in [0, 0.05) is 30.2 Å². The first-order chi connectivity index (χ1) is 11.5. The third-order valence-electron chi connectivity index (χ3n) is 3.94. The van der Waals surface area contributed by atoms with Gasteiger partial charge in [-0.3, -0.25) is 9.59 Å². The molecule has 2 aromatic rings. The van der Waals surface area contributed by atoms with Crippen molar-refractivity contribution >= 4 is 28.8 Å². The van der Waals surface area contributed by atoms with E-state index < -0.39 is 0 Å². The van der Waals surface area contributed by atoms with E-state index in [4.69, 9.17) is 4.74 Å². The van der Waals surface area contributed by atoms with Gasteiger partial charge in [0.2, 0.25) is 11.8 Å². The minimum atomic E-state index is -0.169. The lowest BCUT2D eigenvalue weighted by Gasteiger charge is -2.38. The van der Waals surface area contributed by atoms with Crippen LogP contribution in [0.4, 0.5) is 5.69 Å². The van der Waals surface area contributed by atoms with E-state index in [1.165, 1.54) is 11.3 Å². The fourth-order valence-electron chi connectivity index (χ4n) is 2.55. The van der Waals surface area contributed by atoms with Crippen molar-refractivity contribution in [3.8, 4) is 5.75 Å². The van der Waals surface area contributed by atoms with Gasteiger partial charge in [-0.15, -0.1) is 11.3 Å². The maximum Gasteiger partial charge on any atom is 0.231 e. The number of anilines is 1. The summed E-state index contributed by atoms with van der Waals surface area (Å²) in [6, 6.07) is 7.22. The quantitative estimate of drug-likeness (QED) is 0.901. The van der Waals surface area contributed by atoms with Crippen LogP contribution < -0.4 is 10.1 Å². The fourth-order valence-corrected chi connectivity index (χ4v) is 3.16. The van der Waals surface area contributed by atoms with Crippen molar-refractivity contribution in [3.63, 3.8) is 0 Å². The third-order valence-corrected chi connectivity index (χ3v) is 4.76. The lowest BCUT2D eigenvalue weighted by Crippen LogP contribution is -2.54. The van der Waals surface area contributed by atoms with Crippen molar-refractivity contribution in [2.75, 3.05) is 25.5 Å². The summed E-state index contributed by atoms with van der Waals surface area (Å²) in [5.74, 6) is 0.469. The monoisotopic (exact) mass is 345 g/mol. The highest BCUT2D eigenvalue weighted by molar-refractivity contribution is 7.09. The molecule has 0 spiro atoms. The Hall–Kier alpha value is -2.41. The number of rotatable bonds is 5. The zero-order valence-corrected chi connectivity index (χ0v) is 14.4. The SMILES string of the molecule is COc1cccc(NC(=O)C2CN(C(=O)Cc3csc(C)n3)C2)c1. The predicted molar refractivity (Wildman–Crippen MR) is 92.2 cm³/mol. The summed E-state index contributed by atoms with van der Waals surface area (Å²) in [5.41, 5.74) is 1.49. The third kappa shape index (κ3) is 3.73. The fraction of sp³-hybridized carbons (Fsp3) is 0.353. The van der Waals surface area contributed by atoms with Gasteiger partial charge in [0.25, 0.3) is 0 Å². The topological polar surface area (TPSA) is 71.5 Å². The van der Waals surface area contributed by atoms with Gasteiger partial charge in [0.1, 0.15) is 5.75 Å². The Morgan fingerprint density at radius 1 is 1.42 bits per heavy atom. The molecule has 0 unspecified atom stereocenters. The molecule has 126 valence electrons. The second kappa shape index (κ2) is 7.00. The van der Waals surface area contributed by atoms with Crippen LogP contribution in [0.3, 0.4) is 0 Å². The predicted octanol–water partition coefficient (Wildman–Crippen LogP) is 2.10. The number of likely N-dealkylation sites (tertiary alicyclic amines) is 1. The average Bonchev–Trinajstić information content (AvgIpc) is 2.91. The summed E-state index contributed by atoms with van der Waals surface area (Å²) >= 11 is 1.54. The van der Waals surface area contributed by atoms with Crippen LogP contribution in [0.1, 0.15) is 10.7 Å². The number of amides is 2. The van der Waals surface area contributed by atoms with Gasteiger partial charge in [-0.25, -0.2) is 4.98 Å². The standard InChI is InChI=1S/C17H19N3O3S/c1-11-18-14(10-24-11)7-16(21)20-8-12(9-20)17(22)19-13-4-3-5-15(6-13)23-2/h3-6,10,12H,7-9H2,1-2H3,(H,19,22). The summed E-state index contributed by atoms with van der Waals surface area (Å²) in [6.07, 6.45) is 0.300. The Balaban J connectivity index is 1.48. The molecule has 0 bridgehead atoms. The second-order valence-corrected chi connectivity index (χ2v) is 6.81. The van der Waals surface area contributed by atoms with E-state index in [1.54, 1.807) is 18.1 Å². The van der Waals surface area contributed by atoms with E-state index in [2.05, 4.69) is 10.3 Å². The highest BCUT2D eigenvalue weighted by Gasteiger charge is 2.35. The van der Waals surface area contributed by atoms with Crippen LogP contribution in [0.5, 0.6) is 5.75 Å². The highest BCUT2D eigenvalue weighted by Crippen LogP contribution is 2.22. The minimum Gasteiger partial charge on any atom is -0.497 e. The number of hydrogen-bond donors (Lipinski definition) is 1. The Labute approximate surface area is 144 Å². The lowest BCUT2D eigenvalue weighted by atomic mass is 9.98. The van der Waals surface area contributed by atoms with E-state index in [1.807, 2.05) is 30.5 Å². The van der Waals surface area contributed by atoms with Crippen LogP contribution in [0, 0.1) is 12.8 Å². The number of benzene rings is 1. The molecule has 2 heterocycles. The number of ether oxygens (including phenoxy) is 1. The lowest BCUT2D eigenvalue weighted by molar-refractivity contribution is -0.140. The zero-order chi connectivity index (χ0) is 17.1. The molecule has 1 fully saturated rings. The molecule has 1 aliphatic rings. The molecule has 1 aromatic heterocycles. The number of methoxy groups -OCH3 is 1. The number of carbonyl (C=O) groups is 2. The molecule has 3 rings (SSSR count). The summed E-state index contributed by atoms with van der Waals surface area (Å²) < 4.78 is 5.13. The zero-order valence-electron chi connectivity index (χ0n) is 13.6. The molecule has 1 N–H and O–H groups in total. The summed E-state index contributed by atoms with van der Waals surface area (Å²) in [4.78, 5) is 30.4. The molecular formula is C17H19N3O3S. The molecule has 2 amide bonds. The number of nitrogens with zero attached hydrogens (tertiary/aromatic N) is 2. The summed E-state index contributed by atoms with van der Waals surface area (Å²) in [5, 5.41) is 5.72. The van der Waals surface area contributed by atoms with Gasteiger partial charge >= 0.3 is 0 Å². The first kappa shape index (κ1) is 16.4. The second-order valence-electron chi connectivity index (χ2n) is 5.75. The van der Waals surface area contributed by atoms with Gasteiger partial charge in [0.15, 0.2) is 0 Å². The first-order valence-electron chi connectivity index (χ1n) is 7.69. The average molecular weight is 345 g/mol. The molecule has 0 radical (unpaired) electrons. The van der Waals surface area contributed by atoms with E-state index in [0.29, 0.717) is 30.9 Å². The number of hydrogen-bond acceptors (Lipinski definition) is 5. The van der Waals surface area contributed by atoms with Gasteiger partial charge in [-0.1, -0.05) is 6.07 Å². The number of aryl methyl sites for hydroxylation is 1. The van der Waals surface area contributed by atoms with E-state index in [9.17, 15) is 9.59 Å². The molecule has 6 nitrogen and oxygen atoms in total. The maximum absolute atomic E-state index is 12.2. The van der Waals surface area contributed by atoms with Crippen LogP contribution in [-0.2, 0) is 16.0 Å². The Morgan fingerprint density at radius 2 is 2.21 bits per heavy atom. The van der Waals surface area contributed by atoms with Crippen LogP contribution >= 0.6 is 11.3 Å². The largest absolute Gasteiger partial charge is 0.497 e. The molecule has 1 saturated heterocycles. The number of carbonyl (C=O) groups excluding carboxylic acids is 2. The van der Waals surface area contributed by atoms with Gasteiger partial charge in [0.05, 0.1) is 30.2 Å². The molecule has 0 aliphatic carbocycles. The van der Waals surface area contributed by atoms with E-state index >= 15 is 0 Å². The van der Waals surface area contributed by atoms with Crippen LogP contribution in [0.15, 0.2) is 29.6 Å². The van der Waals surface area contributed by atoms with Crippen LogP contribution in [-0.4, -0.2) is 41.9 Å². The molecule has 7 heteroatoms. The number of aromatic nitrogens is 1. The highest BCUT2D eigenvalue weighted by atomic mass is 32.1. The minimum absolute atomic E-state index is 0.0192. The van der Waals surface area contributed by atoms with Gasteiger partial charge in [-0.05, 0) is 19.1 Å². The van der Waals surface area contributed by atoms with Crippen molar-refractivity contribution in [1.82, 2.24) is 9.88 Å². The molecular weight excluding hydrogens is 326 g/mol. The van der Waals surface area contributed by atoms with Crippen molar-refractivity contribution < 1.29 is 14.3 Å². The maximum atomic E-state index is 12.2. The Bertz CT molecular complexity index is 753. The van der Waals surface area contributed by atoms with Gasteiger partial charge < -0.3 is 15.0 Å². The first-order valence-corrected chi connectivity index (χ1v) is 8.57. The van der Waals surface area contributed by atoms with Crippen molar-refractivity contribution in [2.45, 2.75) is 13.3 Å². The molecule has 0 saturated carbocycles. The molecule has 1 aliphatic heterocycles. The smallest absolute Gasteiger partial charge is 0.231 e. The molecule has 24 heavy (non-hydrogen) atoms. The number of thiazole rings is 1. The normalized spacial score (nSPS) is 14.2. The van der Waals surface area contributed by atoms with E-state index in [0.717, 1.165) is 10.7 Å². The van der Waals surface area contributed by atoms with Crippen LogP contribution in [0.2, 0.25) is 0 Å². The van der Waals surface area contributed by atoms with Crippen molar-refractivity contribution in [3.05, 3.63) is 40.3 Å². The Morgan fingerprint density at radius 3 is 2.88 bits per heavy atom. The summed E-state index contributed by atoms with van der Waals surface area (Å²) in [7, 11) is 1.58.